The Morgan fingerprint density at radius 1 is 1.33 bits per heavy atom. The van der Waals surface area contributed by atoms with Crippen LogP contribution in [0.2, 0.25) is 0 Å². The molecule has 1 rings (SSSR count). The standard InChI is InChI=1S/C13H22N2/c1-4-7-11(2)10-15-12(3)13-8-5-6-9-14-13/h5-6,8-9,11-12,15H,4,7,10H2,1-3H3. The van der Waals surface area contributed by atoms with Crippen molar-refractivity contribution in [3.63, 3.8) is 0 Å². The van der Waals surface area contributed by atoms with Crippen LogP contribution in [0.5, 0.6) is 0 Å². The smallest absolute Gasteiger partial charge is 0.0570 e. The molecule has 1 aromatic rings. The van der Waals surface area contributed by atoms with Crippen LogP contribution in [0.1, 0.15) is 45.3 Å². The first-order valence-electron chi connectivity index (χ1n) is 5.88. The first-order chi connectivity index (χ1) is 7.24. The fourth-order valence-corrected chi connectivity index (χ4v) is 1.71. The quantitative estimate of drug-likeness (QED) is 0.773. The second kappa shape index (κ2) is 6.57. The van der Waals surface area contributed by atoms with Crippen molar-refractivity contribution in [3.8, 4) is 0 Å². The van der Waals surface area contributed by atoms with Crippen molar-refractivity contribution in [2.24, 2.45) is 5.92 Å². The Hall–Kier alpha value is -0.890. The summed E-state index contributed by atoms with van der Waals surface area (Å²) in [5, 5.41) is 3.52. The molecular formula is C13H22N2. The minimum atomic E-state index is 0.352. The van der Waals surface area contributed by atoms with Crippen molar-refractivity contribution in [1.82, 2.24) is 10.3 Å². The Labute approximate surface area is 93.1 Å². The van der Waals surface area contributed by atoms with Crippen LogP contribution in [-0.4, -0.2) is 11.5 Å². The summed E-state index contributed by atoms with van der Waals surface area (Å²) < 4.78 is 0. The van der Waals surface area contributed by atoms with E-state index in [0.717, 1.165) is 18.2 Å². The van der Waals surface area contributed by atoms with E-state index >= 15 is 0 Å². The molecule has 0 aromatic carbocycles. The molecule has 1 aromatic heterocycles. The monoisotopic (exact) mass is 206 g/mol. The van der Waals surface area contributed by atoms with Crippen LogP contribution in [-0.2, 0) is 0 Å². The van der Waals surface area contributed by atoms with Crippen molar-refractivity contribution in [3.05, 3.63) is 30.1 Å². The number of hydrogen-bond donors (Lipinski definition) is 1. The van der Waals surface area contributed by atoms with E-state index in [4.69, 9.17) is 0 Å². The molecule has 0 aliphatic rings. The molecule has 1 N–H and O–H groups in total. The lowest BCUT2D eigenvalue weighted by Gasteiger charge is -2.16. The minimum Gasteiger partial charge on any atom is -0.309 e. The van der Waals surface area contributed by atoms with Crippen molar-refractivity contribution in [2.75, 3.05) is 6.54 Å². The van der Waals surface area contributed by atoms with Crippen LogP contribution in [0.4, 0.5) is 0 Å². The average Bonchev–Trinajstić information content (AvgIpc) is 2.27. The van der Waals surface area contributed by atoms with Gasteiger partial charge < -0.3 is 5.32 Å². The van der Waals surface area contributed by atoms with E-state index < -0.39 is 0 Å². The van der Waals surface area contributed by atoms with Gasteiger partial charge in [0.2, 0.25) is 0 Å². The van der Waals surface area contributed by atoms with Gasteiger partial charge >= 0.3 is 0 Å². The Balaban J connectivity index is 2.33. The molecule has 0 saturated carbocycles. The fourth-order valence-electron chi connectivity index (χ4n) is 1.71. The van der Waals surface area contributed by atoms with Crippen molar-refractivity contribution in [2.45, 2.75) is 39.7 Å². The van der Waals surface area contributed by atoms with Gasteiger partial charge in [0, 0.05) is 12.2 Å². The van der Waals surface area contributed by atoms with Gasteiger partial charge in [-0.2, -0.15) is 0 Å². The fraction of sp³-hybridized carbons (Fsp3) is 0.615. The van der Waals surface area contributed by atoms with Gasteiger partial charge in [0.15, 0.2) is 0 Å². The van der Waals surface area contributed by atoms with Gasteiger partial charge in [-0.25, -0.2) is 0 Å². The zero-order valence-corrected chi connectivity index (χ0v) is 10.0. The van der Waals surface area contributed by atoms with E-state index in [1.54, 1.807) is 0 Å². The normalized spacial score (nSPS) is 14.9. The zero-order chi connectivity index (χ0) is 11.1. The van der Waals surface area contributed by atoms with Crippen LogP contribution >= 0.6 is 0 Å². The highest BCUT2D eigenvalue weighted by atomic mass is 14.9. The van der Waals surface area contributed by atoms with E-state index in [2.05, 4.69) is 37.1 Å². The molecule has 0 aliphatic carbocycles. The summed E-state index contributed by atoms with van der Waals surface area (Å²) in [5.74, 6) is 0.751. The molecule has 15 heavy (non-hydrogen) atoms. The molecule has 2 heteroatoms. The van der Waals surface area contributed by atoms with Gasteiger partial charge in [-0.1, -0.05) is 26.3 Å². The number of rotatable bonds is 6. The maximum Gasteiger partial charge on any atom is 0.0570 e. The summed E-state index contributed by atoms with van der Waals surface area (Å²) >= 11 is 0. The van der Waals surface area contributed by atoms with Crippen molar-refractivity contribution >= 4 is 0 Å². The Morgan fingerprint density at radius 3 is 2.73 bits per heavy atom. The van der Waals surface area contributed by atoms with Gasteiger partial charge in [-0.15, -0.1) is 0 Å². The third-order valence-electron chi connectivity index (χ3n) is 2.69. The van der Waals surface area contributed by atoms with E-state index in [0.29, 0.717) is 6.04 Å². The average molecular weight is 206 g/mol. The van der Waals surface area contributed by atoms with Gasteiger partial charge in [-0.3, -0.25) is 4.98 Å². The molecule has 2 nitrogen and oxygen atoms in total. The maximum atomic E-state index is 4.34. The summed E-state index contributed by atoms with van der Waals surface area (Å²) in [4.78, 5) is 4.34. The molecule has 1 heterocycles. The summed E-state index contributed by atoms with van der Waals surface area (Å²) in [6.07, 6.45) is 4.41. The first-order valence-corrected chi connectivity index (χ1v) is 5.88. The third kappa shape index (κ3) is 4.43. The second-order valence-electron chi connectivity index (χ2n) is 4.28. The molecule has 0 fully saturated rings. The minimum absolute atomic E-state index is 0.352. The summed E-state index contributed by atoms with van der Waals surface area (Å²) in [6.45, 7) is 7.77. The lowest BCUT2D eigenvalue weighted by Crippen LogP contribution is -2.25. The molecule has 2 atom stereocenters. The Kier molecular flexibility index (Phi) is 5.33. The largest absolute Gasteiger partial charge is 0.309 e. The molecule has 84 valence electrons. The van der Waals surface area contributed by atoms with Crippen LogP contribution in [0.15, 0.2) is 24.4 Å². The molecule has 0 amide bonds. The van der Waals surface area contributed by atoms with E-state index in [9.17, 15) is 0 Å². The molecule has 0 bridgehead atoms. The number of nitrogens with zero attached hydrogens (tertiary/aromatic N) is 1. The van der Waals surface area contributed by atoms with Crippen LogP contribution in [0.25, 0.3) is 0 Å². The predicted octanol–water partition coefficient (Wildman–Crippen LogP) is 3.17. The van der Waals surface area contributed by atoms with Crippen LogP contribution in [0.3, 0.4) is 0 Å². The van der Waals surface area contributed by atoms with Crippen molar-refractivity contribution in [1.29, 1.82) is 0 Å². The van der Waals surface area contributed by atoms with Crippen molar-refractivity contribution < 1.29 is 0 Å². The highest BCUT2D eigenvalue weighted by Gasteiger charge is 2.07. The number of nitrogens with one attached hydrogen (secondary N) is 1. The van der Waals surface area contributed by atoms with Gasteiger partial charge in [0.05, 0.1) is 5.69 Å². The van der Waals surface area contributed by atoms with E-state index in [-0.39, 0.29) is 0 Å². The molecular weight excluding hydrogens is 184 g/mol. The second-order valence-corrected chi connectivity index (χ2v) is 4.28. The molecule has 0 radical (unpaired) electrons. The molecule has 2 unspecified atom stereocenters. The topological polar surface area (TPSA) is 24.9 Å². The van der Waals surface area contributed by atoms with Crippen LogP contribution in [0, 0.1) is 5.92 Å². The summed E-state index contributed by atoms with van der Waals surface area (Å²) in [7, 11) is 0. The Morgan fingerprint density at radius 2 is 2.13 bits per heavy atom. The van der Waals surface area contributed by atoms with E-state index in [1.165, 1.54) is 12.8 Å². The maximum absolute atomic E-state index is 4.34. The Bertz CT molecular complexity index is 258. The number of aromatic nitrogens is 1. The predicted molar refractivity (Wildman–Crippen MR) is 64.7 cm³/mol. The lowest BCUT2D eigenvalue weighted by molar-refractivity contribution is 0.440. The highest BCUT2D eigenvalue weighted by molar-refractivity contribution is 5.07. The SMILES string of the molecule is CCCC(C)CNC(C)c1ccccn1. The van der Waals surface area contributed by atoms with Gasteiger partial charge in [0.1, 0.15) is 0 Å². The van der Waals surface area contributed by atoms with Gasteiger partial charge in [-0.05, 0) is 37.9 Å². The molecule has 0 spiro atoms. The highest BCUT2D eigenvalue weighted by Crippen LogP contribution is 2.10. The molecule has 0 aliphatic heterocycles. The first kappa shape index (κ1) is 12.2. The van der Waals surface area contributed by atoms with Gasteiger partial charge in [0.25, 0.3) is 0 Å². The van der Waals surface area contributed by atoms with E-state index in [1.807, 2.05) is 18.3 Å². The zero-order valence-electron chi connectivity index (χ0n) is 10.0. The number of pyridine rings is 1. The van der Waals surface area contributed by atoms with Crippen LogP contribution < -0.4 is 5.32 Å². The molecule has 0 saturated heterocycles. The summed E-state index contributed by atoms with van der Waals surface area (Å²) in [6, 6.07) is 6.42. The summed E-state index contributed by atoms with van der Waals surface area (Å²) in [5.41, 5.74) is 1.13. The lowest BCUT2D eigenvalue weighted by atomic mass is 10.1. The third-order valence-corrected chi connectivity index (χ3v) is 2.69. The number of hydrogen-bond acceptors (Lipinski definition) is 2.